The Balaban J connectivity index is 2.05. The molecule has 0 aliphatic carbocycles. The number of anilines is 1. The smallest absolute Gasteiger partial charge is 0.358 e. The number of rotatable bonds is 1. The van der Waals surface area contributed by atoms with Gasteiger partial charge >= 0.3 is 5.97 Å². The maximum Gasteiger partial charge on any atom is 0.358 e. The molecule has 1 aromatic rings. The summed E-state index contributed by atoms with van der Waals surface area (Å²) < 4.78 is 5.33. The Bertz CT molecular complexity index is 536. The van der Waals surface area contributed by atoms with Crippen molar-refractivity contribution in [3.63, 3.8) is 0 Å². The topological polar surface area (TPSA) is 74.2 Å². The molecule has 0 atom stereocenters. The zero-order valence-electron chi connectivity index (χ0n) is 8.04. The molecule has 0 radical (unpaired) electrons. The number of carboxylic acid groups (broad SMARTS) is 1. The summed E-state index contributed by atoms with van der Waals surface area (Å²) in [5.74, 6) is -0.440. The molecule has 0 spiro atoms. The van der Waals surface area contributed by atoms with Crippen molar-refractivity contribution < 1.29 is 14.6 Å². The minimum atomic E-state index is -1.09. The highest BCUT2D eigenvalue weighted by atomic mass is 16.5. The van der Waals surface area contributed by atoms with Gasteiger partial charge in [0, 0.05) is 0 Å². The number of hydrazine groups is 1. The lowest BCUT2D eigenvalue weighted by atomic mass is 10.2. The summed E-state index contributed by atoms with van der Waals surface area (Å²) in [6, 6.07) is 7.29. The van der Waals surface area contributed by atoms with Crippen LogP contribution in [0.5, 0.6) is 5.75 Å². The number of aliphatic carboxylic acids is 1. The number of hydrogen-bond acceptors (Lipinski definition) is 5. The third kappa shape index (κ3) is 1.07. The summed E-state index contributed by atoms with van der Waals surface area (Å²) in [7, 11) is 0. The molecule has 2 aliphatic rings. The van der Waals surface area contributed by atoms with E-state index in [-0.39, 0.29) is 5.71 Å². The van der Waals surface area contributed by atoms with Crippen molar-refractivity contribution in [2.75, 3.05) is 5.01 Å². The molecule has 0 saturated carbocycles. The van der Waals surface area contributed by atoms with E-state index >= 15 is 0 Å². The molecule has 0 amide bonds. The van der Waals surface area contributed by atoms with E-state index in [1.165, 1.54) is 6.26 Å². The number of nitrogens with one attached hydrogen (secondary N) is 1. The molecule has 0 bridgehead atoms. The van der Waals surface area contributed by atoms with Gasteiger partial charge in [-0.25, -0.2) is 15.3 Å². The van der Waals surface area contributed by atoms with Crippen molar-refractivity contribution in [2.45, 2.75) is 0 Å². The number of hydrazone groups is 1. The van der Waals surface area contributed by atoms with Gasteiger partial charge in [0.15, 0.2) is 11.5 Å². The van der Waals surface area contributed by atoms with Crippen LogP contribution in [-0.2, 0) is 4.79 Å². The number of carboxylic acids is 1. The van der Waals surface area contributed by atoms with Crippen LogP contribution in [0.15, 0.2) is 41.3 Å². The minimum Gasteiger partial charge on any atom is -0.476 e. The van der Waals surface area contributed by atoms with Crippen LogP contribution in [0.2, 0.25) is 0 Å². The monoisotopic (exact) mass is 217 g/mol. The van der Waals surface area contributed by atoms with Crippen LogP contribution in [0.25, 0.3) is 0 Å². The Morgan fingerprint density at radius 2 is 2.25 bits per heavy atom. The molecule has 0 fully saturated rings. The summed E-state index contributed by atoms with van der Waals surface area (Å²) in [5.41, 5.74) is 3.71. The molecule has 16 heavy (non-hydrogen) atoms. The number of benzene rings is 1. The number of hydrogen-bond donors (Lipinski definition) is 2. The van der Waals surface area contributed by atoms with E-state index in [9.17, 15) is 4.79 Å². The van der Waals surface area contributed by atoms with Crippen molar-refractivity contribution in [3.05, 3.63) is 36.2 Å². The molecule has 3 rings (SSSR count). The van der Waals surface area contributed by atoms with Crippen LogP contribution in [0.1, 0.15) is 0 Å². The van der Waals surface area contributed by atoms with E-state index in [2.05, 4.69) is 10.6 Å². The van der Waals surface area contributed by atoms with Gasteiger partial charge in [-0.15, -0.1) is 5.10 Å². The van der Waals surface area contributed by atoms with Gasteiger partial charge in [0.1, 0.15) is 17.6 Å². The summed E-state index contributed by atoms with van der Waals surface area (Å²) >= 11 is 0. The van der Waals surface area contributed by atoms with Gasteiger partial charge in [-0.2, -0.15) is 0 Å². The van der Waals surface area contributed by atoms with Crippen LogP contribution in [0.4, 0.5) is 5.69 Å². The van der Waals surface area contributed by atoms with Crippen molar-refractivity contribution >= 4 is 17.4 Å². The normalized spacial score (nSPS) is 16.4. The van der Waals surface area contributed by atoms with Crippen LogP contribution >= 0.6 is 0 Å². The molecule has 1 aromatic carbocycles. The van der Waals surface area contributed by atoms with Crippen molar-refractivity contribution in [1.29, 1.82) is 0 Å². The summed E-state index contributed by atoms with van der Waals surface area (Å²) in [5, 5.41) is 14.2. The first-order chi connectivity index (χ1) is 7.77. The highest BCUT2D eigenvalue weighted by Gasteiger charge is 2.33. The van der Waals surface area contributed by atoms with Gasteiger partial charge in [-0.1, -0.05) is 12.1 Å². The van der Waals surface area contributed by atoms with Gasteiger partial charge in [0.2, 0.25) is 0 Å². The molecule has 2 N–H and O–H groups in total. The Hall–Kier alpha value is -2.50. The first kappa shape index (κ1) is 8.78. The van der Waals surface area contributed by atoms with Crippen LogP contribution < -0.4 is 15.3 Å². The van der Waals surface area contributed by atoms with Crippen molar-refractivity contribution in [1.82, 2.24) is 5.53 Å². The average Bonchev–Trinajstić information content (AvgIpc) is 2.73. The second-order valence-corrected chi connectivity index (χ2v) is 3.29. The van der Waals surface area contributed by atoms with Crippen LogP contribution in [-0.4, -0.2) is 16.8 Å². The van der Waals surface area contributed by atoms with Crippen LogP contribution in [0.3, 0.4) is 0 Å². The molecule has 6 heteroatoms. The quantitative estimate of drug-likeness (QED) is 0.723. The molecule has 0 aromatic heterocycles. The fraction of sp³-hybridized carbons (Fsp3) is 0. The highest BCUT2D eigenvalue weighted by Crippen LogP contribution is 2.35. The zero-order valence-corrected chi connectivity index (χ0v) is 8.04. The van der Waals surface area contributed by atoms with E-state index in [4.69, 9.17) is 9.84 Å². The fourth-order valence-electron chi connectivity index (χ4n) is 1.63. The molecule has 0 saturated heterocycles. The number of para-hydroxylation sites is 2. The lowest BCUT2D eigenvalue weighted by Crippen LogP contribution is -2.33. The largest absolute Gasteiger partial charge is 0.476 e. The summed E-state index contributed by atoms with van der Waals surface area (Å²) in [6.45, 7) is 0. The van der Waals surface area contributed by atoms with Crippen molar-refractivity contribution in [3.8, 4) is 5.75 Å². The predicted molar refractivity (Wildman–Crippen MR) is 55.8 cm³/mol. The standard InChI is InChI=1S/C10H7N3O3/c14-10(15)9-7-5-16-8-4-2-1-3-6(8)13(7)12-11-9/h1-5,12H,(H,14,15). The number of nitrogens with zero attached hydrogens (tertiary/aromatic N) is 2. The Labute approximate surface area is 90.4 Å². The Morgan fingerprint density at radius 3 is 3.06 bits per heavy atom. The predicted octanol–water partition coefficient (Wildman–Crippen LogP) is 0.686. The van der Waals surface area contributed by atoms with E-state index in [0.29, 0.717) is 11.4 Å². The molecule has 0 unspecified atom stereocenters. The Morgan fingerprint density at radius 1 is 1.44 bits per heavy atom. The highest BCUT2D eigenvalue weighted by molar-refractivity contribution is 6.43. The lowest BCUT2D eigenvalue weighted by molar-refractivity contribution is -0.129. The van der Waals surface area contributed by atoms with Crippen molar-refractivity contribution in [2.24, 2.45) is 5.10 Å². The first-order valence-electron chi connectivity index (χ1n) is 4.60. The average molecular weight is 217 g/mol. The maximum absolute atomic E-state index is 10.9. The van der Waals surface area contributed by atoms with Gasteiger partial charge in [-0.3, -0.25) is 0 Å². The third-order valence-corrected chi connectivity index (χ3v) is 2.35. The number of carbonyl (C=O) groups is 1. The number of ether oxygens (including phenoxy) is 1. The summed E-state index contributed by atoms with van der Waals surface area (Å²) in [6.07, 6.45) is 1.37. The molecule has 2 heterocycles. The first-order valence-corrected chi connectivity index (χ1v) is 4.60. The van der Waals surface area contributed by atoms with E-state index < -0.39 is 5.97 Å². The lowest BCUT2D eigenvalue weighted by Gasteiger charge is -2.24. The van der Waals surface area contributed by atoms with E-state index in [1.807, 2.05) is 18.2 Å². The SMILES string of the molecule is O=C(O)C1=NNN2C1=COc1ccccc12. The Kier molecular flexibility index (Phi) is 1.64. The minimum absolute atomic E-state index is 0.0606. The second-order valence-electron chi connectivity index (χ2n) is 3.29. The maximum atomic E-state index is 10.9. The zero-order chi connectivity index (χ0) is 11.1. The van der Waals surface area contributed by atoms with Gasteiger partial charge in [0.05, 0.1) is 0 Å². The van der Waals surface area contributed by atoms with Gasteiger partial charge in [0.25, 0.3) is 0 Å². The molecule has 6 nitrogen and oxygen atoms in total. The molecular formula is C10H7N3O3. The number of fused-ring (bicyclic) bond motifs is 3. The molecule has 80 valence electrons. The third-order valence-electron chi connectivity index (χ3n) is 2.35. The molecule has 2 aliphatic heterocycles. The van der Waals surface area contributed by atoms with E-state index in [1.54, 1.807) is 11.1 Å². The van der Waals surface area contributed by atoms with Gasteiger partial charge in [-0.05, 0) is 12.1 Å². The summed E-state index contributed by atoms with van der Waals surface area (Å²) in [4.78, 5) is 10.9. The van der Waals surface area contributed by atoms with E-state index in [0.717, 1.165) is 5.69 Å². The van der Waals surface area contributed by atoms with Crippen LogP contribution in [0, 0.1) is 0 Å². The fourth-order valence-corrected chi connectivity index (χ4v) is 1.63. The van der Waals surface area contributed by atoms with Gasteiger partial charge < -0.3 is 9.84 Å². The molecular weight excluding hydrogens is 210 g/mol. The second kappa shape index (κ2) is 2.99.